The average molecular weight is 451 g/mol. The van der Waals surface area contributed by atoms with Crippen LogP contribution in [-0.2, 0) is 9.59 Å². The molecule has 0 radical (unpaired) electrons. The molecule has 2 aromatic carbocycles. The third-order valence-corrected chi connectivity index (χ3v) is 6.06. The van der Waals surface area contributed by atoms with Gasteiger partial charge in [0.05, 0.1) is 18.2 Å². The number of aryl methyl sites for hydroxylation is 1. The summed E-state index contributed by atoms with van der Waals surface area (Å²) in [6, 6.07) is 14.1. The van der Waals surface area contributed by atoms with Crippen LogP contribution in [0.2, 0.25) is 0 Å². The summed E-state index contributed by atoms with van der Waals surface area (Å²) >= 11 is 0. The number of hydrogen-bond acceptors (Lipinski definition) is 5. The van der Waals surface area contributed by atoms with Crippen molar-refractivity contribution in [3.63, 3.8) is 0 Å². The zero-order valence-electron chi connectivity index (χ0n) is 20.0. The van der Waals surface area contributed by atoms with E-state index in [1.165, 1.54) is 0 Å². The fourth-order valence-corrected chi connectivity index (χ4v) is 4.11. The molecule has 0 saturated carbocycles. The molecule has 1 heterocycles. The molecule has 1 saturated heterocycles. The Hall–Kier alpha value is -3.12. The van der Waals surface area contributed by atoms with Crippen molar-refractivity contribution in [3.8, 4) is 5.75 Å². The molecule has 6 heteroatoms. The number of nitrogens with zero attached hydrogens (tertiary/aromatic N) is 2. The van der Waals surface area contributed by atoms with Crippen molar-refractivity contribution in [2.75, 3.05) is 32.8 Å². The molecule has 1 amide bonds. The standard InChI is InChI=1S/C27H34N2O4/c1-5-17-33-22-10-8-9-21(18-22)24-23(25(30)20-13-11-19(4)12-14-20)26(31)27(32)29(24)16-15-28(6-2)7-3/h8-14,18,24,30H,5-7,15-17H2,1-4H3/b25-23+/t24-/m0/s1. The Morgan fingerprint density at radius 2 is 1.76 bits per heavy atom. The molecule has 0 aliphatic carbocycles. The maximum absolute atomic E-state index is 13.2. The minimum Gasteiger partial charge on any atom is -0.507 e. The third-order valence-electron chi connectivity index (χ3n) is 6.06. The Kier molecular flexibility index (Phi) is 8.28. The van der Waals surface area contributed by atoms with Crippen molar-refractivity contribution in [2.24, 2.45) is 0 Å². The zero-order valence-corrected chi connectivity index (χ0v) is 20.0. The predicted molar refractivity (Wildman–Crippen MR) is 130 cm³/mol. The van der Waals surface area contributed by atoms with E-state index in [0.717, 1.165) is 30.6 Å². The molecular weight excluding hydrogens is 416 g/mol. The van der Waals surface area contributed by atoms with Crippen molar-refractivity contribution < 1.29 is 19.4 Å². The first kappa shape index (κ1) is 24.5. The number of carbonyl (C=O) groups is 2. The van der Waals surface area contributed by atoms with Crippen molar-refractivity contribution in [2.45, 2.75) is 40.2 Å². The van der Waals surface area contributed by atoms with Crippen LogP contribution in [0.25, 0.3) is 5.76 Å². The average Bonchev–Trinajstić information content (AvgIpc) is 3.08. The Labute approximate surface area is 196 Å². The van der Waals surface area contributed by atoms with Crippen LogP contribution < -0.4 is 4.74 Å². The maximum atomic E-state index is 13.2. The number of aliphatic hydroxyl groups is 1. The Morgan fingerprint density at radius 3 is 2.39 bits per heavy atom. The lowest BCUT2D eigenvalue weighted by atomic mass is 9.95. The highest BCUT2D eigenvalue weighted by Crippen LogP contribution is 2.40. The summed E-state index contributed by atoms with van der Waals surface area (Å²) in [5.41, 5.74) is 2.43. The molecule has 1 N–H and O–H groups in total. The molecule has 2 aromatic rings. The second-order valence-corrected chi connectivity index (χ2v) is 8.31. The Balaban J connectivity index is 2.08. The van der Waals surface area contributed by atoms with Crippen LogP contribution in [0.1, 0.15) is 49.9 Å². The van der Waals surface area contributed by atoms with Gasteiger partial charge < -0.3 is 19.6 Å². The largest absolute Gasteiger partial charge is 0.507 e. The van der Waals surface area contributed by atoms with Crippen LogP contribution in [0.5, 0.6) is 5.75 Å². The van der Waals surface area contributed by atoms with Gasteiger partial charge in [-0.3, -0.25) is 9.59 Å². The predicted octanol–water partition coefficient (Wildman–Crippen LogP) is 4.55. The zero-order chi connectivity index (χ0) is 24.0. The number of aliphatic hydroxyl groups excluding tert-OH is 1. The molecule has 0 spiro atoms. The topological polar surface area (TPSA) is 70.1 Å². The molecule has 1 aliphatic rings. The number of Topliss-reactive ketones (excluding diaryl/α,β-unsaturated/α-hetero) is 1. The van der Waals surface area contributed by atoms with Gasteiger partial charge in [0.2, 0.25) is 0 Å². The number of likely N-dealkylation sites (N-methyl/N-ethyl adjacent to an activating group) is 1. The van der Waals surface area contributed by atoms with E-state index in [1.54, 1.807) is 17.0 Å². The van der Waals surface area contributed by atoms with Gasteiger partial charge in [-0.25, -0.2) is 0 Å². The summed E-state index contributed by atoms with van der Waals surface area (Å²) in [4.78, 5) is 30.1. The van der Waals surface area contributed by atoms with Gasteiger partial charge in [0, 0.05) is 18.7 Å². The molecule has 33 heavy (non-hydrogen) atoms. The number of carbonyl (C=O) groups excluding carboxylic acids is 2. The molecular formula is C27H34N2O4. The lowest BCUT2D eigenvalue weighted by Crippen LogP contribution is -2.38. The number of amides is 1. The Bertz CT molecular complexity index is 1010. The quantitative estimate of drug-likeness (QED) is 0.327. The van der Waals surface area contributed by atoms with E-state index in [0.29, 0.717) is 31.0 Å². The fraction of sp³-hybridized carbons (Fsp3) is 0.407. The molecule has 0 bridgehead atoms. The van der Waals surface area contributed by atoms with Crippen LogP contribution in [0.15, 0.2) is 54.1 Å². The van der Waals surface area contributed by atoms with E-state index in [4.69, 9.17) is 4.74 Å². The van der Waals surface area contributed by atoms with Gasteiger partial charge in [-0.05, 0) is 44.1 Å². The second-order valence-electron chi connectivity index (χ2n) is 8.31. The first-order valence-electron chi connectivity index (χ1n) is 11.7. The number of ether oxygens (including phenoxy) is 1. The fourth-order valence-electron chi connectivity index (χ4n) is 4.11. The Morgan fingerprint density at radius 1 is 1.06 bits per heavy atom. The highest BCUT2D eigenvalue weighted by Gasteiger charge is 2.46. The van der Waals surface area contributed by atoms with Crippen molar-refractivity contribution >= 4 is 17.4 Å². The monoisotopic (exact) mass is 450 g/mol. The molecule has 6 nitrogen and oxygen atoms in total. The van der Waals surface area contributed by atoms with E-state index in [1.807, 2.05) is 50.2 Å². The van der Waals surface area contributed by atoms with Gasteiger partial charge in [0.1, 0.15) is 11.5 Å². The van der Waals surface area contributed by atoms with E-state index in [-0.39, 0.29) is 11.3 Å². The minimum absolute atomic E-state index is 0.121. The SMILES string of the molecule is CCCOc1cccc([C@H]2/C(=C(\O)c3ccc(C)cc3)C(=O)C(=O)N2CCN(CC)CC)c1. The van der Waals surface area contributed by atoms with Crippen LogP contribution in [0, 0.1) is 6.92 Å². The molecule has 176 valence electrons. The molecule has 1 fully saturated rings. The highest BCUT2D eigenvalue weighted by molar-refractivity contribution is 6.46. The first-order valence-corrected chi connectivity index (χ1v) is 11.7. The van der Waals surface area contributed by atoms with Gasteiger partial charge in [-0.15, -0.1) is 0 Å². The number of ketones is 1. The summed E-state index contributed by atoms with van der Waals surface area (Å²) in [7, 11) is 0. The number of benzene rings is 2. The van der Waals surface area contributed by atoms with E-state index >= 15 is 0 Å². The van der Waals surface area contributed by atoms with Gasteiger partial charge in [-0.2, -0.15) is 0 Å². The first-order chi connectivity index (χ1) is 15.9. The lowest BCUT2D eigenvalue weighted by Gasteiger charge is -2.28. The second kappa shape index (κ2) is 11.1. The van der Waals surface area contributed by atoms with Crippen molar-refractivity contribution in [1.82, 2.24) is 9.80 Å². The van der Waals surface area contributed by atoms with Gasteiger partial charge in [-0.1, -0.05) is 62.7 Å². The third kappa shape index (κ3) is 5.45. The lowest BCUT2D eigenvalue weighted by molar-refractivity contribution is -0.140. The number of likely N-dealkylation sites (tertiary alicyclic amines) is 1. The molecule has 3 rings (SSSR count). The normalized spacial score (nSPS) is 17.7. The van der Waals surface area contributed by atoms with E-state index in [9.17, 15) is 14.7 Å². The van der Waals surface area contributed by atoms with Gasteiger partial charge in [0.25, 0.3) is 11.7 Å². The van der Waals surface area contributed by atoms with Crippen LogP contribution in [0.3, 0.4) is 0 Å². The summed E-state index contributed by atoms with van der Waals surface area (Å²) in [5.74, 6) is -0.708. The molecule has 1 aliphatic heterocycles. The molecule has 1 atom stereocenters. The summed E-state index contributed by atoms with van der Waals surface area (Å²) in [5, 5.41) is 11.2. The van der Waals surface area contributed by atoms with Crippen LogP contribution >= 0.6 is 0 Å². The van der Waals surface area contributed by atoms with Gasteiger partial charge in [0.15, 0.2) is 0 Å². The number of hydrogen-bond donors (Lipinski definition) is 1. The van der Waals surface area contributed by atoms with E-state index in [2.05, 4.69) is 18.7 Å². The number of rotatable bonds is 10. The molecule has 0 aromatic heterocycles. The van der Waals surface area contributed by atoms with Crippen molar-refractivity contribution in [3.05, 3.63) is 70.8 Å². The summed E-state index contributed by atoms with van der Waals surface area (Å²) < 4.78 is 5.80. The van der Waals surface area contributed by atoms with Gasteiger partial charge >= 0.3 is 0 Å². The van der Waals surface area contributed by atoms with E-state index < -0.39 is 17.7 Å². The minimum atomic E-state index is -0.674. The summed E-state index contributed by atoms with van der Waals surface area (Å²) in [6.07, 6.45) is 0.875. The highest BCUT2D eigenvalue weighted by atomic mass is 16.5. The maximum Gasteiger partial charge on any atom is 0.295 e. The van der Waals surface area contributed by atoms with Crippen LogP contribution in [0.4, 0.5) is 0 Å². The van der Waals surface area contributed by atoms with Crippen molar-refractivity contribution in [1.29, 1.82) is 0 Å². The van der Waals surface area contributed by atoms with Crippen LogP contribution in [-0.4, -0.2) is 59.4 Å². The smallest absolute Gasteiger partial charge is 0.295 e. The summed E-state index contributed by atoms with van der Waals surface area (Å²) in [6.45, 7) is 11.5. The molecule has 0 unspecified atom stereocenters.